The Kier molecular flexibility index (Phi) is 7.33. The molecule has 0 unspecified atom stereocenters. The number of hydrogen-bond acceptors (Lipinski definition) is 4. The van der Waals surface area contributed by atoms with Gasteiger partial charge < -0.3 is 14.2 Å². The molecular weight excluding hydrogens is 316 g/mol. The number of aldehydes is 1. The van der Waals surface area contributed by atoms with Gasteiger partial charge in [0.25, 0.3) is 0 Å². The van der Waals surface area contributed by atoms with Gasteiger partial charge in [0.05, 0.1) is 13.7 Å². The molecule has 0 N–H and O–H groups in total. The molecule has 0 saturated heterocycles. The van der Waals surface area contributed by atoms with Crippen molar-refractivity contribution in [2.75, 3.05) is 13.7 Å². The van der Waals surface area contributed by atoms with E-state index in [1.807, 2.05) is 24.3 Å². The fourth-order valence-corrected chi connectivity index (χ4v) is 2.48. The van der Waals surface area contributed by atoms with Crippen molar-refractivity contribution < 1.29 is 19.0 Å². The summed E-state index contributed by atoms with van der Waals surface area (Å²) in [7, 11) is 1.56. The second-order valence-electron chi connectivity index (χ2n) is 5.82. The molecule has 4 nitrogen and oxygen atoms in total. The van der Waals surface area contributed by atoms with Crippen molar-refractivity contribution in [3.8, 4) is 23.0 Å². The van der Waals surface area contributed by atoms with Crippen LogP contribution in [0.25, 0.3) is 0 Å². The van der Waals surface area contributed by atoms with Crippen LogP contribution in [0.5, 0.6) is 23.0 Å². The SMILES string of the molecule is CCCCCOc1c(OC)cc(C=O)cc1Oc1ccc(CC)cc1. The summed E-state index contributed by atoms with van der Waals surface area (Å²) in [5, 5.41) is 0. The van der Waals surface area contributed by atoms with Gasteiger partial charge in [-0.05, 0) is 42.7 Å². The molecule has 2 aromatic carbocycles. The van der Waals surface area contributed by atoms with Crippen LogP contribution >= 0.6 is 0 Å². The zero-order valence-corrected chi connectivity index (χ0v) is 15.2. The predicted octanol–water partition coefficient (Wildman–Crippen LogP) is 5.43. The Bertz CT molecular complexity index is 677. The lowest BCUT2D eigenvalue weighted by Crippen LogP contribution is -2.02. The van der Waals surface area contributed by atoms with Crippen molar-refractivity contribution in [2.45, 2.75) is 39.5 Å². The summed E-state index contributed by atoms with van der Waals surface area (Å²) in [6, 6.07) is 11.2. The Morgan fingerprint density at radius 1 is 1.00 bits per heavy atom. The van der Waals surface area contributed by atoms with Crippen LogP contribution in [0.2, 0.25) is 0 Å². The van der Waals surface area contributed by atoms with Crippen LogP contribution in [0.3, 0.4) is 0 Å². The monoisotopic (exact) mass is 342 g/mol. The Hall–Kier alpha value is -2.49. The second kappa shape index (κ2) is 9.72. The van der Waals surface area contributed by atoms with Gasteiger partial charge in [-0.25, -0.2) is 0 Å². The van der Waals surface area contributed by atoms with Crippen molar-refractivity contribution in [1.29, 1.82) is 0 Å². The molecule has 25 heavy (non-hydrogen) atoms. The van der Waals surface area contributed by atoms with Crippen molar-refractivity contribution in [3.05, 3.63) is 47.5 Å². The predicted molar refractivity (Wildman–Crippen MR) is 99.3 cm³/mol. The highest BCUT2D eigenvalue weighted by Gasteiger charge is 2.15. The zero-order chi connectivity index (χ0) is 18.1. The molecule has 0 radical (unpaired) electrons. The molecule has 0 aliphatic carbocycles. The number of carbonyl (C=O) groups is 1. The van der Waals surface area contributed by atoms with Gasteiger partial charge in [0.2, 0.25) is 5.75 Å². The maximum absolute atomic E-state index is 11.2. The highest BCUT2D eigenvalue weighted by Crippen LogP contribution is 2.40. The van der Waals surface area contributed by atoms with E-state index in [9.17, 15) is 4.79 Å². The fraction of sp³-hybridized carbons (Fsp3) is 0.381. The van der Waals surface area contributed by atoms with Gasteiger partial charge in [-0.2, -0.15) is 0 Å². The summed E-state index contributed by atoms with van der Waals surface area (Å²) in [5.41, 5.74) is 1.72. The number of unbranched alkanes of at least 4 members (excludes halogenated alkanes) is 2. The van der Waals surface area contributed by atoms with E-state index in [0.29, 0.717) is 35.2 Å². The first kappa shape index (κ1) is 18.8. The molecule has 0 saturated carbocycles. The van der Waals surface area contributed by atoms with E-state index in [2.05, 4.69) is 13.8 Å². The molecule has 0 aromatic heterocycles. The van der Waals surface area contributed by atoms with Crippen LogP contribution in [0.1, 0.15) is 49.0 Å². The first-order valence-corrected chi connectivity index (χ1v) is 8.78. The van der Waals surface area contributed by atoms with Crippen molar-refractivity contribution in [3.63, 3.8) is 0 Å². The minimum absolute atomic E-state index is 0.484. The number of ether oxygens (including phenoxy) is 3. The van der Waals surface area contributed by atoms with E-state index in [4.69, 9.17) is 14.2 Å². The second-order valence-corrected chi connectivity index (χ2v) is 5.82. The fourth-order valence-electron chi connectivity index (χ4n) is 2.48. The van der Waals surface area contributed by atoms with E-state index in [1.54, 1.807) is 19.2 Å². The standard InChI is InChI=1S/C21H26O4/c1-4-6-7-12-24-21-19(23-3)13-17(15-22)14-20(21)25-18-10-8-16(5-2)9-11-18/h8-11,13-15H,4-7,12H2,1-3H3. The molecule has 0 aliphatic rings. The summed E-state index contributed by atoms with van der Waals surface area (Å²) in [5.74, 6) is 2.22. The molecular formula is C21H26O4. The van der Waals surface area contributed by atoms with Crippen molar-refractivity contribution >= 4 is 6.29 Å². The maximum atomic E-state index is 11.2. The minimum Gasteiger partial charge on any atom is -0.493 e. The van der Waals surface area contributed by atoms with Gasteiger partial charge in [-0.3, -0.25) is 4.79 Å². The molecule has 134 valence electrons. The topological polar surface area (TPSA) is 44.8 Å². The molecule has 0 amide bonds. The molecule has 2 rings (SSSR count). The number of hydrogen-bond donors (Lipinski definition) is 0. The highest BCUT2D eigenvalue weighted by atomic mass is 16.5. The molecule has 0 fully saturated rings. The van der Waals surface area contributed by atoms with Gasteiger partial charge in [-0.1, -0.05) is 38.8 Å². The van der Waals surface area contributed by atoms with Gasteiger partial charge in [0.1, 0.15) is 12.0 Å². The van der Waals surface area contributed by atoms with Crippen molar-refractivity contribution in [2.24, 2.45) is 0 Å². The van der Waals surface area contributed by atoms with Gasteiger partial charge in [0.15, 0.2) is 11.5 Å². The van der Waals surface area contributed by atoms with E-state index in [0.717, 1.165) is 32.0 Å². The average molecular weight is 342 g/mol. The number of rotatable bonds is 10. The largest absolute Gasteiger partial charge is 0.493 e. The molecule has 0 aliphatic heterocycles. The molecule has 0 spiro atoms. The van der Waals surface area contributed by atoms with Gasteiger partial charge in [0, 0.05) is 5.56 Å². The van der Waals surface area contributed by atoms with Gasteiger partial charge >= 0.3 is 0 Å². The smallest absolute Gasteiger partial charge is 0.204 e. The lowest BCUT2D eigenvalue weighted by molar-refractivity contribution is 0.112. The maximum Gasteiger partial charge on any atom is 0.204 e. The lowest BCUT2D eigenvalue weighted by Gasteiger charge is -2.16. The van der Waals surface area contributed by atoms with Crippen LogP contribution in [-0.4, -0.2) is 20.0 Å². The van der Waals surface area contributed by atoms with Crippen LogP contribution < -0.4 is 14.2 Å². The third-order valence-corrected chi connectivity index (χ3v) is 3.95. The van der Waals surface area contributed by atoms with Crippen molar-refractivity contribution in [1.82, 2.24) is 0 Å². The molecule has 0 heterocycles. The molecule has 0 atom stereocenters. The van der Waals surface area contributed by atoms with Crippen LogP contribution in [0.15, 0.2) is 36.4 Å². The molecule has 2 aromatic rings. The minimum atomic E-state index is 0.484. The van der Waals surface area contributed by atoms with Gasteiger partial charge in [-0.15, -0.1) is 0 Å². The number of benzene rings is 2. The number of carbonyl (C=O) groups excluding carboxylic acids is 1. The first-order chi connectivity index (χ1) is 12.2. The zero-order valence-electron chi connectivity index (χ0n) is 15.2. The number of aryl methyl sites for hydroxylation is 1. The summed E-state index contributed by atoms with van der Waals surface area (Å²) in [4.78, 5) is 11.2. The summed E-state index contributed by atoms with van der Waals surface area (Å²) >= 11 is 0. The normalized spacial score (nSPS) is 10.4. The number of methoxy groups -OCH3 is 1. The summed E-state index contributed by atoms with van der Waals surface area (Å²) < 4.78 is 17.3. The van der Waals surface area contributed by atoms with E-state index >= 15 is 0 Å². The van der Waals surface area contributed by atoms with E-state index in [1.165, 1.54) is 5.56 Å². The lowest BCUT2D eigenvalue weighted by atomic mass is 10.1. The molecule has 4 heteroatoms. The first-order valence-electron chi connectivity index (χ1n) is 8.78. The third-order valence-electron chi connectivity index (χ3n) is 3.95. The van der Waals surface area contributed by atoms with Crippen LogP contribution in [-0.2, 0) is 6.42 Å². The third kappa shape index (κ3) is 5.24. The van der Waals surface area contributed by atoms with E-state index in [-0.39, 0.29) is 0 Å². The molecule has 0 bridgehead atoms. The Morgan fingerprint density at radius 2 is 1.72 bits per heavy atom. The van der Waals surface area contributed by atoms with E-state index < -0.39 is 0 Å². The highest BCUT2D eigenvalue weighted by molar-refractivity contribution is 5.78. The Labute approximate surface area is 149 Å². The summed E-state index contributed by atoms with van der Waals surface area (Å²) in [6.45, 7) is 4.83. The Balaban J connectivity index is 2.29. The summed E-state index contributed by atoms with van der Waals surface area (Å²) in [6.07, 6.45) is 4.93. The Morgan fingerprint density at radius 3 is 2.32 bits per heavy atom. The quantitative estimate of drug-likeness (QED) is 0.426. The average Bonchev–Trinajstić information content (AvgIpc) is 2.66. The van der Waals surface area contributed by atoms with Crippen LogP contribution in [0.4, 0.5) is 0 Å². The van der Waals surface area contributed by atoms with Crippen LogP contribution in [0, 0.1) is 0 Å².